The van der Waals surface area contributed by atoms with Gasteiger partial charge in [-0.2, -0.15) is 4.31 Å². The lowest BCUT2D eigenvalue weighted by Gasteiger charge is -2.26. The summed E-state index contributed by atoms with van der Waals surface area (Å²) in [4.78, 5) is 14.9. The Morgan fingerprint density at radius 2 is 1.68 bits per heavy atom. The number of hydrogen-bond acceptors (Lipinski definition) is 3. The van der Waals surface area contributed by atoms with Crippen LogP contribution in [0.5, 0.6) is 0 Å². The van der Waals surface area contributed by atoms with Crippen molar-refractivity contribution in [2.75, 3.05) is 24.5 Å². The average molecular weight is 439 g/mol. The van der Waals surface area contributed by atoms with Crippen LogP contribution in [-0.4, -0.2) is 38.3 Å². The average Bonchev–Trinajstić information content (AvgIpc) is 3.11. The van der Waals surface area contributed by atoms with Crippen LogP contribution in [0.1, 0.15) is 35.2 Å². The molecular formula is C20H20Cl2N2O3S. The molecule has 0 aliphatic carbocycles. The highest BCUT2D eigenvalue weighted by Gasteiger charge is 2.31. The van der Waals surface area contributed by atoms with Gasteiger partial charge >= 0.3 is 0 Å². The molecule has 2 aliphatic heterocycles. The van der Waals surface area contributed by atoms with E-state index in [0.29, 0.717) is 46.6 Å². The molecule has 2 heterocycles. The highest BCUT2D eigenvalue weighted by molar-refractivity contribution is 7.89. The standard InChI is InChI=1S/C20H20Cl2N2O3S/c21-15-4-6-17(18(22)13-15)20(25)24-11-8-14-12-16(5-7-19(14)24)28(26,27)23-9-2-1-3-10-23/h4-7,12-13H,1-3,8-11H2. The highest BCUT2D eigenvalue weighted by Crippen LogP contribution is 2.34. The van der Waals surface area contributed by atoms with Gasteiger partial charge in [-0.3, -0.25) is 4.79 Å². The predicted molar refractivity (Wildman–Crippen MR) is 111 cm³/mol. The molecule has 148 valence electrons. The molecule has 1 amide bonds. The topological polar surface area (TPSA) is 57.7 Å². The summed E-state index contributed by atoms with van der Waals surface area (Å²) in [6, 6.07) is 9.81. The molecular weight excluding hydrogens is 419 g/mol. The van der Waals surface area contributed by atoms with Gasteiger partial charge in [0.1, 0.15) is 0 Å². The molecule has 8 heteroatoms. The van der Waals surface area contributed by atoms with Crippen molar-refractivity contribution >= 4 is 44.8 Å². The summed E-state index contributed by atoms with van der Waals surface area (Å²) < 4.78 is 27.4. The van der Waals surface area contributed by atoms with Crippen molar-refractivity contribution in [3.63, 3.8) is 0 Å². The summed E-state index contributed by atoms with van der Waals surface area (Å²) >= 11 is 12.1. The first-order chi connectivity index (χ1) is 13.4. The molecule has 0 atom stereocenters. The molecule has 1 fully saturated rings. The summed E-state index contributed by atoms with van der Waals surface area (Å²) in [7, 11) is -3.49. The maximum absolute atomic E-state index is 12.9. The Morgan fingerprint density at radius 3 is 2.39 bits per heavy atom. The van der Waals surface area contributed by atoms with E-state index in [0.717, 1.165) is 30.5 Å². The summed E-state index contributed by atoms with van der Waals surface area (Å²) in [6.45, 7) is 1.62. The van der Waals surface area contributed by atoms with E-state index in [4.69, 9.17) is 23.2 Å². The second-order valence-electron chi connectivity index (χ2n) is 7.09. The van der Waals surface area contributed by atoms with Crippen LogP contribution < -0.4 is 4.90 Å². The second kappa shape index (κ2) is 7.67. The largest absolute Gasteiger partial charge is 0.308 e. The number of piperidine rings is 1. The SMILES string of the molecule is O=C(c1ccc(Cl)cc1Cl)N1CCc2cc(S(=O)(=O)N3CCCCC3)ccc21. The maximum Gasteiger partial charge on any atom is 0.259 e. The molecule has 28 heavy (non-hydrogen) atoms. The van der Waals surface area contributed by atoms with Crippen molar-refractivity contribution in [3.8, 4) is 0 Å². The van der Waals surface area contributed by atoms with Gasteiger partial charge in [0, 0.05) is 30.3 Å². The minimum absolute atomic E-state index is 0.216. The van der Waals surface area contributed by atoms with Crippen molar-refractivity contribution in [1.82, 2.24) is 4.31 Å². The zero-order valence-corrected chi connectivity index (χ0v) is 17.5. The van der Waals surface area contributed by atoms with Crippen LogP contribution in [0.3, 0.4) is 0 Å². The molecule has 0 radical (unpaired) electrons. The van der Waals surface area contributed by atoms with Crippen molar-refractivity contribution in [3.05, 3.63) is 57.6 Å². The molecule has 0 aromatic heterocycles. The number of amides is 1. The lowest BCUT2D eigenvalue weighted by Crippen LogP contribution is -2.35. The number of anilines is 1. The van der Waals surface area contributed by atoms with E-state index in [1.54, 1.807) is 45.6 Å². The Balaban J connectivity index is 1.62. The Kier molecular flexibility index (Phi) is 5.40. The van der Waals surface area contributed by atoms with Crippen molar-refractivity contribution < 1.29 is 13.2 Å². The number of sulfonamides is 1. The number of carbonyl (C=O) groups excluding carboxylic acids is 1. The van der Waals surface area contributed by atoms with Crippen LogP contribution >= 0.6 is 23.2 Å². The van der Waals surface area contributed by atoms with Gasteiger partial charge in [-0.25, -0.2) is 8.42 Å². The first-order valence-corrected chi connectivity index (χ1v) is 11.5. The molecule has 2 aliphatic rings. The molecule has 5 nitrogen and oxygen atoms in total. The van der Waals surface area contributed by atoms with Crippen LogP contribution in [0.15, 0.2) is 41.3 Å². The summed E-state index contributed by atoms with van der Waals surface area (Å²) in [5.74, 6) is -0.216. The van der Waals surface area contributed by atoms with E-state index in [1.807, 2.05) is 0 Å². The Hall–Kier alpha value is -1.60. The van der Waals surface area contributed by atoms with E-state index in [2.05, 4.69) is 0 Å². The van der Waals surface area contributed by atoms with Crippen LogP contribution in [0, 0.1) is 0 Å². The van der Waals surface area contributed by atoms with Crippen LogP contribution in [-0.2, 0) is 16.4 Å². The molecule has 0 bridgehead atoms. The number of rotatable bonds is 3. The number of hydrogen-bond donors (Lipinski definition) is 0. The Labute approximate surface area is 174 Å². The third-order valence-corrected chi connectivity index (χ3v) is 7.75. The third-order valence-electron chi connectivity index (χ3n) is 5.31. The van der Waals surface area contributed by atoms with Crippen molar-refractivity contribution in [2.45, 2.75) is 30.6 Å². The van der Waals surface area contributed by atoms with Gasteiger partial charge in [-0.05, 0) is 61.2 Å². The summed E-state index contributed by atoms with van der Waals surface area (Å²) in [5.41, 5.74) is 1.97. The van der Waals surface area contributed by atoms with E-state index in [-0.39, 0.29) is 5.91 Å². The minimum Gasteiger partial charge on any atom is -0.308 e. The van der Waals surface area contributed by atoms with Crippen LogP contribution in [0.25, 0.3) is 0 Å². The molecule has 0 unspecified atom stereocenters. The number of carbonyl (C=O) groups is 1. The van der Waals surface area contributed by atoms with Gasteiger partial charge in [0.15, 0.2) is 0 Å². The van der Waals surface area contributed by atoms with Gasteiger partial charge in [0.25, 0.3) is 5.91 Å². The van der Waals surface area contributed by atoms with Crippen LogP contribution in [0.4, 0.5) is 5.69 Å². The highest BCUT2D eigenvalue weighted by atomic mass is 35.5. The lowest BCUT2D eigenvalue weighted by atomic mass is 10.1. The van der Waals surface area contributed by atoms with Gasteiger partial charge in [-0.15, -0.1) is 0 Å². The number of benzene rings is 2. The third kappa shape index (κ3) is 3.54. The van der Waals surface area contributed by atoms with Gasteiger partial charge in [-0.1, -0.05) is 29.6 Å². The van der Waals surface area contributed by atoms with E-state index in [1.165, 1.54) is 0 Å². The molecule has 2 aromatic rings. The Morgan fingerprint density at radius 1 is 0.929 bits per heavy atom. The molecule has 0 spiro atoms. The van der Waals surface area contributed by atoms with Crippen molar-refractivity contribution in [1.29, 1.82) is 0 Å². The van der Waals surface area contributed by atoms with Gasteiger partial charge in [0.05, 0.1) is 15.5 Å². The molecule has 2 aromatic carbocycles. The Bertz CT molecular complexity index is 1030. The van der Waals surface area contributed by atoms with E-state index in [9.17, 15) is 13.2 Å². The number of halogens is 2. The lowest BCUT2D eigenvalue weighted by molar-refractivity contribution is 0.0989. The molecule has 1 saturated heterocycles. The molecule has 4 rings (SSSR count). The second-order valence-corrected chi connectivity index (χ2v) is 9.87. The fourth-order valence-corrected chi connectivity index (χ4v) is 5.87. The van der Waals surface area contributed by atoms with E-state index < -0.39 is 10.0 Å². The summed E-state index contributed by atoms with van der Waals surface area (Å²) in [5, 5.41) is 0.770. The number of nitrogens with zero attached hydrogens (tertiary/aromatic N) is 2. The minimum atomic E-state index is -3.49. The smallest absolute Gasteiger partial charge is 0.259 e. The molecule has 0 N–H and O–H groups in total. The quantitative estimate of drug-likeness (QED) is 0.714. The fraction of sp³-hybridized carbons (Fsp3) is 0.350. The zero-order valence-electron chi connectivity index (χ0n) is 15.2. The monoisotopic (exact) mass is 438 g/mol. The molecule has 0 saturated carbocycles. The van der Waals surface area contributed by atoms with Crippen molar-refractivity contribution in [2.24, 2.45) is 0 Å². The predicted octanol–water partition coefficient (Wildman–Crippen LogP) is 4.37. The summed E-state index contributed by atoms with van der Waals surface area (Å²) in [6.07, 6.45) is 3.47. The van der Waals surface area contributed by atoms with Crippen LogP contribution in [0.2, 0.25) is 10.0 Å². The fourth-order valence-electron chi connectivity index (χ4n) is 3.81. The zero-order chi connectivity index (χ0) is 19.9. The maximum atomic E-state index is 12.9. The first kappa shape index (κ1) is 19.7. The normalized spacial score (nSPS) is 17.6. The first-order valence-electron chi connectivity index (χ1n) is 9.28. The van der Waals surface area contributed by atoms with E-state index >= 15 is 0 Å². The van der Waals surface area contributed by atoms with Gasteiger partial charge < -0.3 is 4.90 Å². The number of fused-ring (bicyclic) bond motifs is 1. The van der Waals surface area contributed by atoms with Gasteiger partial charge in [0.2, 0.25) is 10.0 Å².